The van der Waals surface area contributed by atoms with Gasteiger partial charge in [-0.2, -0.15) is 4.98 Å². The van der Waals surface area contributed by atoms with Crippen LogP contribution in [0.25, 0.3) is 11.5 Å². The number of sulfone groups is 1. The molecule has 0 unspecified atom stereocenters. The van der Waals surface area contributed by atoms with Gasteiger partial charge in [0.1, 0.15) is 5.75 Å². The molecule has 4 rings (SSSR count). The van der Waals surface area contributed by atoms with Gasteiger partial charge in [0.05, 0.1) is 12.0 Å². The normalized spacial score (nSPS) is 15.4. The Bertz CT molecular complexity index is 1130. The summed E-state index contributed by atoms with van der Waals surface area (Å²) in [7, 11) is -2.31. The van der Waals surface area contributed by atoms with Crippen LogP contribution in [0.3, 0.4) is 0 Å². The molecule has 7 heteroatoms. The first-order chi connectivity index (χ1) is 14.4. The predicted molar refractivity (Wildman–Crippen MR) is 116 cm³/mol. The molecular weight excluding hydrogens is 400 g/mol. The second-order valence-corrected chi connectivity index (χ2v) is 9.66. The molecule has 0 spiro atoms. The molecule has 0 radical (unpaired) electrons. The third-order valence-electron chi connectivity index (χ3n) is 5.65. The van der Waals surface area contributed by atoms with Crippen LogP contribution in [-0.4, -0.2) is 33.6 Å². The van der Waals surface area contributed by atoms with Gasteiger partial charge in [-0.3, -0.25) is 0 Å². The molecule has 0 N–H and O–H groups in total. The first-order valence-electron chi connectivity index (χ1n) is 10.1. The fourth-order valence-electron chi connectivity index (χ4n) is 3.68. The van der Waals surface area contributed by atoms with Crippen LogP contribution in [0.1, 0.15) is 25.3 Å². The van der Waals surface area contributed by atoms with E-state index in [0.717, 1.165) is 37.1 Å². The third-order valence-corrected chi connectivity index (χ3v) is 7.32. The van der Waals surface area contributed by atoms with Crippen LogP contribution in [0.2, 0.25) is 0 Å². The van der Waals surface area contributed by atoms with E-state index in [1.807, 2.05) is 36.1 Å². The van der Waals surface area contributed by atoms with Crippen molar-refractivity contribution in [3.8, 4) is 17.2 Å². The Morgan fingerprint density at radius 1 is 1.07 bits per heavy atom. The van der Waals surface area contributed by atoms with Crippen LogP contribution in [0.4, 0.5) is 5.88 Å². The molecule has 1 saturated heterocycles. The van der Waals surface area contributed by atoms with Crippen LogP contribution in [0, 0.1) is 12.8 Å². The largest absolute Gasteiger partial charge is 0.497 e. The van der Waals surface area contributed by atoms with Crippen LogP contribution in [-0.2, 0) is 9.84 Å². The Morgan fingerprint density at radius 2 is 1.73 bits per heavy atom. The first-order valence-corrected chi connectivity index (χ1v) is 11.6. The Balaban J connectivity index is 1.83. The van der Waals surface area contributed by atoms with Crippen molar-refractivity contribution in [2.75, 3.05) is 25.1 Å². The maximum Gasteiger partial charge on any atom is 0.236 e. The summed E-state index contributed by atoms with van der Waals surface area (Å²) < 4.78 is 38.3. The maximum atomic E-state index is 13.5. The highest BCUT2D eigenvalue weighted by Gasteiger charge is 2.33. The molecule has 0 saturated carbocycles. The monoisotopic (exact) mass is 426 g/mol. The highest BCUT2D eigenvalue weighted by atomic mass is 32.2. The zero-order valence-electron chi connectivity index (χ0n) is 17.5. The lowest BCUT2D eigenvalue weighted by atomic mass is 9.99. The summed E-state index contributed by atoms with van der Waals surface area (Å²) in [6.07, 6.45) is 1.98. The first kappa shape index (κ1) is 20.5. The van der Waals surface area contributed by atoms with Crippen molar-refractivity contribution < 1.29 is 17.6 Å². The number of rotatable bonds is 5. The van der Waals surface area contributed by atoms with Gasteiger partial charge in [-0.25, -0.2) is 8.42 Å². The van der Waals surface area contributed by atoms with E-state index in [1.54, 1.807) is 31.4 Å². The fraction of sp³-hybridized carbons (Fsp3) is 0.348. The zero-order valence-corrected chi connectivity index (χ0v) is 18.3. The minimum Gasteiger partial charge on any atom is -0.497 e. The number of piperidine rings is 1. The average molecular weight is 427 g/mol. The summed E-state index contributed by atoms with van der Waals surface area (Å²) >= 11 is 0. The molecule has 3 aromatic rings. The molecule has 158 valence electrons. The van der Waals surface area contributed by atoms with Crippen molar-refractivity contribution in [3.63, 3.8) is 0 Å². The van der Waals surface area contributed by atoms with Crippen molar-refractivity contribution in [3.05, 3.63) is 54.1 Å². The maximum absolute atomic E-state index is 13.5. The van der Waals surface area contributed by atoms with Crippen molar-refractivity contribution >= 4 is 15.7 Å². The van der Waals surface area contributed by atoms with Gasteiger partial charge in [-0.15, -0.1) is 0 Å². The van der Waals surface area contributed by atoms with E-state index in [0.29, 0.717) is 23.4 Å². The topological polar surface area (TPSA) is 72.6 Å². The lowest BCUT2D eigenvalue weighted by Crippen LogP contribution is -2.33. The Kier molecular flexibility index (Phi) is 5.56. The summed E-state index contributed by atoms with van der Waals surface area (Å²) in [6.45, 7) is 5.66. The third kappa shape index (κ3) is 3.81. The van der Waals surface area contributed by atoms with Gasteiger partial charge in [0, 0.05) is 18.7 Å². The van der Waals surface area contributed by atoms with E-state index in [1.165, 1.54) is 0 Å². The Hall–Kier alpha value is -2.80. The lowest BCUT2D eigenvalue weighted by molar-refractivity contribution is 0.414. The van der Waals surface area contributed by atoms with Gasteiger partial charge in [0.15, 0.2) is 0 Å². The molecule has 0 amide bonds. The zero-order chi connectivity index (χ0) is 21.3. The second-order valence-electron chi connectivity index (χ2n) is 7.79. The summed E-state index contributed by atoms with van der Waals surface area (Å²) in [4.78, 5) is 6.67. The van der Waals surface area contributed by atoms with Gasteiger partial charge in [0.2, 0.25) is 26.6 Å². The summed E-state index contributed by atoms with van der Waals surface area (Å²) in [5.74, 6) is 1.87. The molecule has 0 atom stereocenters. The number of hydrogen-bond donors (Lipinski definition) is 0. The van der Waals surface area contributed by atoms with Crippen LogP contribution < -0.4 is 9.64 Å². The molecule has 1 aromatic heterocycles. The molecule has 30 heavy (non-hydrogen) atoms. The van der Waals surface area contributed by atoms with Crippen molar-refractivity contribution in [2.45, 2.75) is 36.6 Å². The van der Waals surface area contributed by atoms with Gasteiger partial charge < -0.3 is 14.1 Å². The standard InChI is InChI=1S/C23H26N2O4S/c1-16-12-14-25(15-13-16)23-22(24-21(29-23)20-7-5-4-6-17(20)2)30(26,27)19-10-8-18(28-3)9-11-19/h4-11,16H,12-15H2,1-3H3. The fourth-order valence-corrected chi connectivity index (χ4v) is 5.00. The number of anilines is 1. The molecule has 1 fully saturated rings. The molecule has 0 bridgehead atoms. The summed E-state index contributed by atoms with van der Waals surface area (Å²) in [5, 5.41) is -0.0273. The molecule has 2 aromatic carbocycles. The van der Waals surface area contributed by atoms with Crippen molar-refractivity contribution in [1.82, 2.24) is 4.98 Å². The number of aryl methyl sites for hydroxylation is 1. The van der Waals surface area contributed by atoms with E-state index >= 15 is 0 Å². The average Bonchev–Trinajstić information content (AvgIpc) is 3.21. The van der Waals surface area contributed by atoms with E-state index < -0.39 is 9.84 Å². The van der Waals surface area contributed by atoms with Crippen LogP contribution in [0.15, 0.2) is 62.9 Å². The van der Waals surface area contributed by atoms with Gasteiger partial charge in [0.25, 0.3) is 0 Å². The molecule has 6 nitrogen and oxygen atoms in total. The number of nitrogens with zero attached hydrogens (tertiary/aromatic N) is 2. The molecule has 1 aliphatic heterocycles. The lowest BCUT2D eigenvalue weighted by Gasteiger charge is -2.30. The van der Waals surface area contributed by atoms with E-state index in [4.69, 9.17) is 9.15 Å². The molecular formula is C23H26N2O4S. The smallest absolute Gasteiger partial charge is 0.236 e. The minimum absolute atomic E-state index is 0.0273. The van der Waals surface area contributed by atoms with Crippen LogP contribution in [0.5, 0.6) is 5.75 Å². The number of benzene rings is 2. The highest BCUT2D eigenvalue weighted by Crippen LogP contribution is 2.37. The summed E-state index contributed by atoms with van der Waals surface area (Å²) in [6, 6.07) is 14.0. The van der Waals surface area contributed by atoms with Gasteiger partial charge in [-0.05, 0) is 61.6 Å². The van der Waals surface area contributed by atoms with E-state index in [2.05, 4.69) is 11.9 Å². The molecule has 2 heterocycles. The number of methoxy groups -OCH3 is 1. The number of aromatic nitrogens is 1. The second kappa shape index (κ2) is 8.14. The van der Waals surface area contributed by atoms with E-state index in [-0.39, 0.29) is 9.92 Å². The van der Waals surface area contributed by atoms with Gasteiger partial charge in [-0.1, -0.05) is 25.1 Å². The van der Waals surface area contributed by atoms with Crippen LogP contribution >= 0.6 is 0 Å². The molecule has 0 aliphatic carbocycles. The molecule has 1 aliphatic rings. The van der Waals surface area contributed by atoms with Crippen molar-refractivity contribution in [2.24, 2.45) is 5.92 Å². The summed E-state index contributed by atoms with van der Waals surface area (Å²) in [5.41, 5.74) is 1.77. The quantitative estimate of drug-likeness (QED) is 0.587. The predicted octanol–water partition coefficient (Wildman–Crippen LogP) is 4.73. The number of ether oxygens (including phenoxy) is 1. The Morgan fingerprint density at radius 3 is 2.37 bits per heavy atom. The van der Waals surface area contributed by atoms with Gasteiger partial charge >= 0.3 is 0 Å². The SMILES string of the molecule is COc1ccc(S(=O)(=O)c2nc(-c3ccccc3C)oc2N2CCC(C)CC2)cc1. The minimum atomic E-state index is -3.86. The highest BCUT2D eigenvalue weighted by molar-refractivity contribution is 7.91. The number of oxazole rings is 1. The number of hydrogen-bond acceptors (Lipinski definition) is 6. The Labute approximate surface area is 177 Å². The van der Waals surface area contributed by atoms with Crippen molar-refractivity contribution in [1.29, 1.82) is 0 Å². The van der Waals surface area contributed by atoms with E-state index in [9.17, 15) is 8.42 Å².